The summed E-state index contributed by atoms with van der Waals surface area (Å²) in [5, 5.41) is 11.5. The first-order chi connectivity index (χ1) is 10.0. The molecule has 1 amide bonds. The Hall–Kier alpha value is -1.55. The number of hydrogen-bond donors (Lipinski definition) is 2. The number of aliphatic hydroxyl groups excluding tert-OH is 1. The van der Waals surface area contributed by atoms with Crippen molar-refractivity contribution in [1.29, 1.82) is 0 Å². The minimum absolute atomic E-state index is 0.0569. The first-order valence-electron chi connectivity index (χ1n) is 7.62. The Morgan fingerprint density at radius 3 is 2.33 bits per heavy atom. The normalized spacial score (nSPS) is 10.5. The van der Waals surface area contributed by atoms with E-state index >= 15 is 0 Å². The highest BCUT2D eigenvalue weighted by Crippen LogP contribution is 2.24. The molecule has 0 fully saturated rings. The fourth-order valence-electron chi connectivity index (χ4n) is 2.40. The summed E-state index contributed by atoms with van der Waals surface area (Å²) in [7, 11) is 0. The molecule has 0 bridgehead atoms. The second kappa shape index (κ2) is 9.40. The van der Waals surface area contributed by atoms with E-state index in [1.54, 1.807) is 0 Å². The summed E-state index contributed by atoms with van der Waals surface area (Å²) in [5.74, 6) is 0.718. The predicted octanol–water partition coefficient (Wildman–Crippen LogP) is 2.66. The zero-order chi connectivity index (χ0) is 15.7. The number of hydrogen-bond acceptors (Lipinski definition) is 3. The van der Waals surface area contributed by atoms with Gasteiger partial charge in [0.15, 0.2) is 6.61 Å². The van der Waals surface area contributed by atoms with Crippen molar-refractivity contribution in [3.63, 3.8) is 0 Å². The van der Waals surface area contributed by atoms with E-state index in [2.05, 4.69) is 17.4 Å². The van der Waals surface area contributed by atoms with Gasteiger partial charge in [-0.1, -0.05) is 30.5 Å². The van der Waals surface area contributed by atoms with E-state index in [0.29, 0.717) is 6.54 Å². The summed E-state index contributed by atoms with van der Waals surface area (Å²) in [5.41, 5.74) is 3.32. The highest BCUT2D eigenvalue weighted by atomic mass is 16.5. The van der Waals surface area contributed by atoms with Crippen molar-refractivity contribution in [3.8, 4) is 5.75 Å². The number of aryl methyl sites for hydroxylation is 3. The second-order valence-corrected chi connectivity index (χ2v) is 5.50. The topological polar surface area (TPSA) is 58.6 Å². The van der Waals surface area contributed by atoms with Crippen molar-refractivity contribution in [2.24, 2.45) is 0 Å². The third-order valence-electron chi connectivity index (χ3n) is 3.36. The van der Waals surface area contributed by atoms with Crippen molar-refractivity contribution in [1.82, 2.24) is 5.32 Å². The molecule has 0 spiro atoms. The molecule has 1 aromatic rings. The minimum Gasteiger partial charge on any atom is -0.483 e. The average Bonchev–Trinajstić information content (AvgIpc) is 2.41. The van der Waals surface area contributed by atoms with Crippen LogP contribution in [0.2, 0.25) is 0 Å². The van der Waals surface area contributed by atoms with E-state index in [9.17, 15) is 4.79 Å². The summed E-state index contributed by atoms with van der Waals surface area (Å²) in [6, 6.07) is 4.11. The number of amides is 1. The number of ether oxygens (including phenoxy) is 1. The van der Waals surface area contributed by atoms with Crippen molar-refractivity contribution in [3.05, 3.63) is 28.8 Å². The van der Waals surface area contributed by atoms with Crippen LogP contribution in [0.25, 0.3) is 0 Å². The maximum atomic E-state index is 11.7. The molecule has 0 saturated carbocycles. The van der Waals surface area contributed by atoms with E-state index in [-0.39, 0.29) is 19.1 Å². The summed E-state index contributed by atoms with van der Waals surface area (Å²) in [6.07, 6.45) is 3.81. The lowest BCUT2D eigenvalue weighted by atomic mass is 10.1. The molecule has 2 N–H and O–H groups in total. The highest BCUT2D eigenvalue weighted by molar-refractivity contribution is 5.77. The van der Waals surface area contributed by atoms with Crippen LogP contribution in [0.1, 0.15) is 42.4 Å². The van der Waals surface area contributed by atoms with Crippen molar-refractivity contribution in [2.45, 2.75) is 46.5 Å². The van der Waals surface area contributed by atoms with Crippen LogP contribution in [-0.4, -0.2) is 30.8 Å². The maximum absolute atomic E-state index is 11.7. The van der Waals surface area contributed by atoms with Crippen molar-refractivity contribution >= 4 is 5.91 Å². The van der Waals surface area contributed by atoms with Crippen molar-refractivity contribution < 1.29 is 14.6 Å². The number of unbranched alkanes of at least 4 members (excludes halogenated alkanes) is 3. The first kappa shape index (κ1) is 17.5. The van der Waals surface area contributed by atoms with Gasteiger partial charge in [-0.25, -0.2) is 0 Å². The van der Waals surface area contributed by atoms with Gasteiger partial charge in [-0.05, 0) is 44.7 Å². The van der Waals surface area contributed by atoms with Gasteiger partial charge >= 0.3 is 0 Å². The average molecular weight is 293 g/mol. The summed E-state index contributed by atoms with van der Waals surface area (Å²) >= 11 is 0. The van der Waals surface area contributed by atoms with Crippen LogP contribution in [0.5, 0.6) is 5.75 Å². The van der Waals surface area contributed by atoms with Crippen LogP contribution in [-0.2, 0) is 4.79 Å². The Morgan fingerprint density at radius 2 is 1.71 bits per heavy atom. The molecule has 118 valence electrons. The smallest absolute Gasteiger partial charge is 0.257 e. The van der Waals surface area contributed by atoms with Gasteiger partial charge in [0.05, 0.1) is 0 Å². The SMILES string of the molecule is Cc1cc(C)c(OCC(=O)NCCCCCCO)c(C)c1. The summed E-state index contributed by atoms with van der Waals surface area (Å²) in [4.78, 5) is 11.7. The fraction of sp³-hybridized carbons (Fsp3) is 0.588. The van der Waals surface area contributed by atoms with E-state index in [4.69, 9.17) is 9.84 Å². The number of carbonyl (C=O) groups is 1. The largest absolute Gasteiger partial charge is 0.483 e. The van der Waals surface area contributed by atoms with Gasteiger partial charge in [0.2, 0.25) is 0 Å². The van der Waals surface area contributed by atoms with Crippen LogP contribution >= 0.6 is 0 Å². The van der Waals surface area contributed by atoms with Gasteiger partial charge in [0, 0.05) is 13.2 Å². The molecule has 4 nitrogen and oxygen atoms in total. The molecule has 0 saturated heterocycles. The molecular weight excluding hydrogens is 266 g/mol. The molecule has 4 heteroatoms. The van der Waals surface area contributed by atoms with Gasteiger partial charge in [-0.2, -0.15) is 0 Å². The van der Waals surface area contributed by atoms with Gasteiger partial charge in [-0.15, -0.1) is 0 Å². The third-order valence-corrected chi connectivity index (χ3v) is 3.36. The van der Waals surface area contributed by atoms with Gasteiger partial charge in [0.1, 0.15) is 5.75 Å². The van der Waals surface area contributed by atoms with E-state index in [1.807, 2.05) is 20.8 Å². The van der Waals surface area contributed by atoms with Gasteiger partial charge < -0.3 is 15.2 Å². The molecule has 0 unspecified atom stereocenters. The molecule has 0 atom stereocenters. The Balaban J connectivity index is 2.27. The third kappa shape index (κ3) is 6.63. The zero-order valence-electron chi connectivity index (χ0n) is 13.4. The second-order valence-electron chi connectivity index (χ2n) is 5.50. The quantitative estimate of drug-likeness (QED) is 0.688. The predicted molar refractivity (Wildman–Crippen MR) is 84.7 cm³/mol. The number of carbonyl (C=O) groups excluding carboxylic acids is 1. The summed E-state index contributed by atoms with van der Waals surface area (Å²) < 4.78 is 5.63. The minimum atomic E-state index is -0.0865. The highest BCUT2D eigenvalue weighted by Gasteiger charge is 2.07. The molecule has 0 heterocycles. The van der Waals surface area contributed by atoms with Gasteiger partial charge in [0.25, 0.3) is 5.91 Å². The number of rotatable bonds is 9. The molecule has 0 aliphatic carbocycles. The molecular formula is C17H27NO3. The van der Waals surface area contributed by atoms with Crippen LogP contribution in [0.4, 0.5) is 0 Å². The number of benzene rings is 1. The zero-order valence-corrected chi connectivity index (χ0v) is 13.4. The molecule has 1 aromatic carbocycles. The molecule has 0 aliphatic rings. The standard InChI is InChI=1S/C17H27NO3/c1-13-10-14(2)17(15(3)11-13)21-12-16(20)18-8-6-4-5-7-9-19/h10-11,19H,4-9,12H2,1-3H3,(H,18,20). The van der Waals surface area contributed by atoms with Gasteiger partial charge in [-0.3, -0.25) is 4.79 Å². The van der Waals surface area contributed by atoms with Crippen LogP contribution in [0, 0.1) is 20.8 Å². The van der Waals surface area contributed by atoms with Crippen LogP contribution in [0.15, 0.2) is 12.1 Å². The van der Waals surface area contributed by atoms with E-state index in [1.165, 1.54) is 5.56 Å². The monoisotopic (exact) mass is 293 g/mol. The fourth-order valence-corrected chi connectivity index (χ4v) is 2.40. The van der Waals surface area contributed by atoms with Crippen molar-refractivity contribution in [2.75, 3.05) is 19.8 Å². The lowest BCUT2D eigenvalue weighted by molar-refractivity contribution is -0.123. The lowest BCUT2D eigenvalue weighted by Gasteiger charge is -2.13. The Kier molecular flexibility index (Phi) is 7.83. The molecule has 1 rings (SSSR count). The number of nitrogens with one attached hydrogen (secondary N) is 1. The Morgan fingerprint density at radius 1 is 1.10 bits per heavy atom. The van der Waals surface area contributed by atoms with E-state index < -0.39 is 0 Å². The van der Waals surface area contributed by atoms with Crippen LogP contribution < -0.4 is 10.1 Å². The van der Waals surface area contributed by atoms with E-state index in [0.717, 1.165) is 42.6 Å². The Bertz CT molecular complexity index is 434. The molecule has 0 aliphatic heterocycles. The Labute approximate surface area is 127 Å². The molecule has 21 heavy (non-hydrogen) atoms. The first-order valence-corrected chi connectivity index (χ1v) is 7.62. The molecule has 0 radical (unpaired) electrons. The van der Waals surface area contributed by atoms with Crippen LogP contribution in [0.3, 0.4) is 0 Å². The summed E-state index contributed by atoms with van der Waals surface area (Å²) in [6.45, 7) is 7.01. The lowest BCUT2D eigenvalue weighted by Crippen LogP contribution is -2.29. The number of aliphatic hydroxyl groups is 1. The maximum Gasteiger partial charge on any atom is 0.257 e. The molecule has 0 aromatic heterocycles.